The quantitative estimate of drug-likeness (QED) is 0.502. The maximum atomic E-state index is 12.9. The van der Waals surface area contributed by atoms with Gasteiger partial charge in [-0.25, -0.2) is 4.79 Å². The summed E-state index contributed by atoms with van der Waals surface area (Å²) in [7, 11) is 0. The fourth-order valence-corrected chi connectivity index (χ4v) is 4.07. The van der Waals surface area contributed by atoms with E-state index < -0.39 is 5.97 Å². The smallest absolute Gasteiger partial charge is 0.338 e. The van der Waals surface area contributed by atoms with Gasteiger partial charge < -0.3 is 21.1 Å². The van der Waals surface area contributed by atoms with E-state index in [-0.39, 0.29) is 22.9 Å². The van der Waals surface area contributed by atoms with E-state index in [0.29, 0.717) is 23.2 Å². The van der Waals surface area contributed by atoms with Crippen molar-refractivity contribution in [1.29, 1.82) is 0 Å². The molecule has 0 saturated carbocycles. The maximum absolute atomic E-state index is 12.9. The van der Waals surface area contributed by atoms with Crippen LogP contribution in [-0.2, 0) is 6.42 Å². The summed E-state index contributed by atoms with van der Waals surface area (Å²) >= 11 is 0. The number of aromatic nitrogens is 3. The van der Waals surface area contributed by atoms with Crippen molar-refractivity contribution in [3.63, 3.8) is 0 Å². The van der Waals surface area contributed by atoms with E-state index in [1.165, 1.54) is 4.52 Å². The second-order valence-electron chi connectivity index (χ2n) is 7.70. The van der Waals surface area contributed by atoms with Crippen LogP contribution in [0.1, 0.15) is 63.7 Å². The Labute approximate surface area is 167 Å². The molecule has 1 aliphatic rings. The lowest BCUT2D eigenvalue weighted by atomic mass is 9.96. The van der Waals surface area contributed by atoms with Gasteiger partial charge in [0.1, 0.15) is 5.65 Å². The zero-order valence-corrected chi connectivity index (χ0v) is 16.6. The molecule has 29 heavy (non-hydrogen) atoms. The highest BCUT2D eigenvalue weighted by atomic mass is 16.4. The van der Waals surface area contributed by atoms with Crippen molar-refractivity contribution in [2.24, 2.45) is 0 Å². The summed E-state index contributed by atoms with van der Waals surface area (Å²) in [5.74, 6) is -1.05. The average Bonchev–Trinajstić information content (AvgIpc) is 3.13. The number of hydrogen-bond donors (Lipinski definition) is 4. The highest BCUT2D eigenvalue weighted by Gasteiger charge is 2.20. The predicted molar refractivity (Wildman–Crippen MR) is 111 cm³/mol. The Bertz CT molecular complexity index is 1160. The van der Waals surface area contributed by atoms with Crippen LogP contribution < -0.4 is 16.6 Å². The molecule has 1 saturated heterocycles. The summed E-state index contributed by atoms with van der Waals surface area (Å²) < 4.78 is 1.42. The van der Waals surface area contributed by atoms with Crippen LogP contribution in [0.2, 0.25) is 0 Å². The molecule has 152 valence electrons. The zero-order chi connectivity index (χ0) is 20.7. The van der Waals surface area contributed by atoms with Crippen molar-refractivity contribution in [2.75, 3.05) is 12.3 Å². The molecule has 1 fully saturated rings. The Morgan fingerprint density at radius 3 is 2.79 bits per heavy atom. The van der Waals surface area contributed by atoms with Crippen LogP contribution in [0.15, 0.2) is 23.0 Å². The van der Waals surface area contributed by atoms with Crippen molar-refractivity contribution < 1.29 is 9.90 Å². The molecule has 1 aliphatic heterocycles. The van der Waals surface area contributed by atoms with Crippen LogP contribution in [0.25, 0.3) is 5.65 Å². The number of aromatic carboxylic acids is 1. The van der Waals surface area contributed by atoms with Crippen LogP contribution in [0.3, 0.4) is 0 Å². The normalized spacial score (nSPS) is 17.0. The van der Waals surface area contributed by atoms with E-state index in [4.69, 9.17) is 5.73 Å². The summed E-state index contributed by atoms with van der Waals surface area (Å²) in [6, 6.07) is 5.50. The number of carboxylic acids is 1. The van der Waals surface area contributed by atoms with E-state index in [0.717, 1.165) is 42.8 Å². The number of benzene rings is 1. The number of rotatable bonds is 4. The summed E-state index contributed by atoms with van der Waals surface area (Å²) in [5.41, 5.74) is 10.3. The number of aromatic amines is 1. The summed E-state index contributed by atoms with van der Waals surface area (Å²) in [6.45, 7) is 4.46. The highest BCUT2D eigenvalue weighted by molar-refractivity contribution is 5.95. The number of carbonyl (C=O) groups is 1. The molecule has 0 amide bonds. The number of nitrogens with zero attached hydrogens (tertiary/aromatic N) is 2. The van der Waals surface area contributed by atoms with Gasteiger partial charge in [0.15, 0.2) is 0 Å². The molecule has 1 aromatic carbocycles. The number of carboxylic acid groups (broad SMARTS) is 1. The molecule has 4 rings (SSSR count). The van der Waals surface area contributed by atoms with E-state index in [9.17, 15) is 14.7 Å². The van der Waals surface area contributed by atoms with Crippen LogP contribution in [-0.4, -0.2) is 32.2 Å². The van der Waals surface area contributed by atoms with Crippen molar-refractivity contribution in [2.45, 2.75) is 45.6 Å². The predicted octanol–water partition coefficient (Wildman–Crippen LogP) is 2.33. The van der Waals surface area contributed by atoms with E-state index >= 15 is 0 Å². The Balaban J connectivity index is 1.75. The third-order valence-corrected chi connectivity index (χ3v) is 5.83. The molecule has 0 radical (unpaired) electrons. The van der Waals surface area contributed by atoms with Gasteiger partial charge in [0, 0.05) is 29.4 Å². The van der Waals surface area contributed by atoms with Crippen LogP contribution in [0.4, 0.5) is 5.69 Å². The SMILES string of the molecule is Cc1c(Cc2[nH]c3cc([C@@H]4CCCCN4)nn3c(=O)c2C)ccc(N)c1C(=O)O. The van der Waals surface area contributed by atoms with Gasteiger partial charge in [0.25, 0.3) is 5.56 Å². The Hall–Kier alpha value is -3.13. The van der Waals surface area contributed by atoms with Crippen molar-refractivity contribution in [3.05, 3.63) is 62.2 Å². The molecule has 5 N–H and O–H groups in total. The number of H-pyrrole nitrogens is 1. The monoisotopic (exact) mass is 395 g/mol. The molecule has 2 aromatic heterocycles. The Morgan fingerprint density at radius 1 is 1.31 bits per heavy atom. The average molecular weight is 395 g/mol. The number of nitrogens with one attached hydrogen (secondary N) is 2. The van der Waals surface area contributed by atoms with E-state index in [1.807, 2.05) is 12.1 Å². The maximum Gasteiger partial charge on any atom is 0.338 e. The second kappa shape index (κ2) is 7.36. The number of anilines is 1. The molecule has 0 bridgehead atoms. The van der Waals surface area contributed by atoms with Crippen LogP contribution in [0.5, 0.6) is 0 Å². The van der Waals surface area contributed by atoms with Gasteiger partial charge in [-0.3, -0.25) is 4.79 Å². The molecular formula is C21H25N5O3. The third-order valence-electron chi connectivity index (χ3n) is 5.83. The first-order valence-corrected chi connectivity index (χ1v) is 9.83. The van der Waals surface area contributed by atoms with Gasteiger partial charge in [-0.15, -0.1) is 0 Å². The summed E-state index contributed by atoms with van der Waals surface area (Å²) in [5, 5.41) is 17.4. The largest absolute Gasteiger partial charge is 0.478 e. The topological polar surface area (TPSA) is 126 Å². The Kier molecular flexibility index (Phi) is 4.87. The lowest BCUT2D eigenvalue weighted by Crippen LogP contribution is -2.27. The second-order valence-corrected chi connectivity index (χ2v) is 7.70. The molecule has 3 heterocycles. The van der Waals surface area contributed by atoms with E-state index in [1.54, 1.807) is 19.9 Å². The highest BCUT2D eigenvalue weighted by Crippen LogP contribution is 2.25. The van der Waals surface area contributed by atoms with Crippen LogP contribution in [0, 0.1) is 13.8 Å². The van der Waals surface area contributed by atoms with Crippen molar-refractivity contribution in [1.82, 2.24) is 19.9 Å². The molecule has 1 atom stereocenters. The molecule has 3 aromatic rings. The summed E-state index contributed by atoms with van der Waals surface area (Å²) in [4.78, 5) is 27.8. The minimum Gasteiger partial charge on any atom is -0.478 e. The minimum absolute atomic E-state index is 0.110. The van der Waals surface area contributed by atoms with Crippen molar-refractivity contribution in [3.8, 4) is 0 Å². The van der Waals surface area contributed by atoms with Gasteiger partial charge in [-0.2, -0.15) is 9.61 Å². The molecule has 8 heteroatoms. The number of piperidine rings is 1. The molecule has 0 aliphatic carbocycles. The fraction of sp³-hybridized carbons (Fsp3) is 0.381. The number of nitrogen functional groups attached to an aromatic ring is 1. The molecule has 0 unspecified atom stereocenters. The molecule has 0 spiro atoms. The lowest BCUT2D eigenvalue weighted by Gasteiger charge is -2.21. The number of nitrogens with two attached hydrogens (primary N) is 1. The lowest BCUT2D eigenvalue weighted by molar-refractivity contribution is 0.0697. The van der Waals surface area contributed by atoms with Crippen LogP contribution >= 0.6 is 0 Å². The first-order chi connectivity index (χ1) is 13.9. The van der Waals surface area contributed by atoms with Crippen molar-refractivity contribution >= 4 is 17.3 Å². The third kappa shape index (κ3) is 3.40. The molecule has 8 nitrogen and oxygen atoms in total. The van der Waals surface area contributed by atoms with Gasteiger partial charge in [-0.1, -0.05) is 12.5 Å². The number of hydrogen-bond acceptors (Lipinski definition) is 5. The first kappa shape index (κ1) is 19.2. The van der Waals surface area contributed by atoms with E-state index in [2.05, 4.69) is 15.4 Å². The fourth-order valence-electron chi connectivity index (χ4n) is 4.07. The van der Waals surface area contributed by atoms with Gasteiger partial charge >= 0.3 is 5.97 Å². The molecular weight excluding hydrogens is 370 g/mol. The standard InChI is InChI=1S/C21H25N5O3/c1-11-13(6-7-14(22)19(11)21(28)29)9-16-12(2)20(27)26-18(24-16)10-17(25-26)15-5-3-4-8-23-15/h6-7,10,15,23-24H,3-5,8-9,22H2,1-2H3,(H,28,29)/t15-/m0/s1. The van der Waals surface area contributed by atoms with Gasteiger partial charge in [0.2, 0.25) is 0 Å². The minimum atomic E-state index is -1.05. The number of fused-ring (bicyclic) bond motifs is 1. The summed E-state index contributed by atoms with van der Waals surface area (Å²) in [6.07, 6.45) is 3.72. The zero-order valence-electron chi connectivity index (χ0n) is 16.6. The Morgan fingerprint density at radius 2 is 2.10 bits per heavy atom. The first-order valence-electron chi connectivity index (χ1n) is 9.83. The van der Waals surface area contributed by atoms with Gasteiger partial charge in [0.05, 0.1) is 17.3 Å². The van der Waals surface area contributed by atoms with Gasteiger partial charge in [-0.05, 0) is 50.4 Å².